The van der Waals surface area contributed by atoms with Gasteiger partial charge in [-0.25, -0.2) is 0 Å². The lowest BCUT2D eigenvalue weighted by molar-refractivity contribution is -0.121. The molecule has 1 aromatic carbocycles. The molecule has 76 valence electrons. The second-order valence-electron chi connectivity index (χ2n) is 3.05. The minimum absolute atomic E-state index is 0.122. The van der Waals surface area contributed by atoms with Crippen LogP contribution >= 0.6 is 22.6 Å². The van der Waals surface area contributed by atoms with Crippen molar-refractivity contribution < 1.29 is 4.79 Å². The van der Waals surface area contributed by atoms with Gasteiger partial charge in [0, 0.05) is 10.6 Å². The van der Waals surface area contributed by atoms with Gasteiger partial charge in [0.25, 0.3) is 0 Å². The normalized spacial score (nSPS) is 12.2. The van der Waals surface area contributed by atoms with E-state index in [0.29, 0.717) is 6.42 Å². The number of hydrogen-bond acceptors (Lipinski definition) is 2. The zero-order valence-corrected chi connectivity index (χ0v) is 10.1. The van der Waals surface area contributed by atoms with Crippen LogP contribution in [0.5, 0.6) is 0 Å². The number of carbonyl (C=O) groups excluding carboxylic acids is 1. The quantitative estimate of drug-likeness (QED) is 0.816. The number of carbonyl (C=O) groups is 1. The van der Waals surface area contributed by atoms with Crippen LogP contribution in [0.15, 0.2) is 24.3 Å². The maximum atomic E-state index is 11.1. The fourth-order valence-electron chi connectivity index (χ4n) is 1.15. The van der Waals surface area contributed by atoms with E-state index in [2.05, 4.69) is 27.9 Å². The third kappa shape index (κ3) is 3.26. The Hall–Kier alpha value is -0.620. The van der Waals surface area contributed by atoms with E-state index in [1.165, 1.54) is 3.57 Å². The second kappa shape index (κ2) is 5.31. The molecule has 0 saturated heterocycles. The van der Waals surface area contributed by atoms with Crippen molar-refractivity contribution in [3.05, 3.63) is 33.4 Å². The average molecular weight is 304 g/mol. The molecule has 14 heavy (non-hydrogen) atoms. The van der Waals surface area contributed by atoms with Crippen LogP contribution in [-0.4, -0.2) is 19.0 Å². The Morgan fingerprint density at radius 2 is 2.07 bits per heavy atom. The van der Waals surface area contributed by atoms with Crippen LogP contribution in [0.4, 0.5) is 0 Å². The molecule has 0 saturated carbocycles. The van der Waals surface area contributed by atoms with E-state index in [1.807, 2.05) is 24.3 Å². The summed E-state index contributed by atoms with van der Waals surface area (Å²) in [6.07, 6.45) is 0.580. The molecule has 0 radical (unpaired) electrons. The molecule has 0 aromatic heterocycles. The Labute approximate surface area is 97.2 Å². The molecule has 0 aliphatic rings. The summed E-state index contributed by atoms with van der Waals surface area (Å²) >= 11 is 2.24. The van der Waals surface area contributed by atoms with E-state index in [-0.39, 0.29) is 5.91 Å². The Bertz CT molecular complexity index is 310. The first-order chi connectivity index (χ1) is 6.63. The highest BCUT2D eigenvalue weighted by atomic mass is 127. The molecule has 1 rings (SSSR count). The smallest absolute Gasteiger partial charge is 0.237 e. The zero-order valence-electron chi connectivity index (χ0n) is 7.96. The monoisotopic (exact) mass is 304 g/mol. The summed E-state index contributed by atoms with van der Waals surface area (Å²) in [5, 5.41) is 2.53. The molecule has 0 fully saturated rings. The maximum Gasteiger partial charge on any atom is 0.237 e. The van der Waals surface area contributed by atoms with Crippen LogP contribution in [0.25, 0.3) is 0 Å². The van der Waals surface area contributed by atoms with E-state index in [4.69, 9.17) is 5.73 Å². The number of halogens is 1. The lowest BCUT2D eigenvalue weighted by Gasteiger charge is -2.09. The fourth-order valence-corrected chi connectivity index (χ4v) is 1.51. The number of rotatable bonds is 3. The van der Waals surface area contributed by atoms with E-state index in [1.54, 1.807) is 7.05 Å². The first kappa shape index (κ1) is 11.5. The molecular weight excluding hydrogens is 291 g/mol. The second-order valence-corrected chi connectivity index (χ2v) is 4.30. The van der Waals surface area contributed by atoms with Crippen molar-refractivity contribution in [3.8, 4) is 0 Å². The number of hydrogen-bond donors (Lipinski definition) is 2. The Morgan fingerprint density at radius 1 is 1.50 bits per heavy atom. The van der Waals surface area contributed by atoms with Crippen LogP contribution in [0.3, 0.4) is 0 Å². The van der Waals surface area contributed by atoms with Crippen molar-refractivity contribution in [2.24, 2.45) is 5.73 Å². The minimum Gasteiger partial charge on any atom is -0.358 e. The summed E-state index contributed by atoms with van der Waals surface area (Å²) in [6, 6.07) is 7.54. The van der Waals surface area contributed by atoms with E-state index < -0.39 is 6.04 Å². The lowest BCUT2D eigenvalue weighted by Crippen LogP contribution is -2.40. The molecule has 0 aliphatic carbocycles. The lowest BCUT2D eigenvalue weighted by atomic mass is 10.1. The summed E-state index contributed by atoms with van der Waals surface area (Å²) < 4.78 is 1.18. The van der Waals surface area contributed by atoms with Gasteiger partial charge in [0.1, 0.15) is 0 Å². The average Bonchev–Trinajstić information content (AvgIpc) is 2.20. The number of benzene rings is 1. The molecular formula is C10H13IN2O. The number of nitrogens with one attached hydrogen (secondary N) is 1. The van der Waals surface area contributed by atoms with Crippen molar-refractivity contribution in [1.29, 1.82) is 0 Å². The molecule has 1 amide bonds. The Balaban J connectivity index is 2.60. The molecule has 3 nitrogen and oxygen atoms in total. The first-order valence-corrected chi connectivity index (χ1v) is 5.43. The molecule has 0 unspecified atom stereocenters. The van der Waals surface area contributed by atoms with Crippen molar-refractivity contribution >= 4 is 28.5 Å². The van der Waals surface area contributed by atoms with Crippen LogP contribution in [0, 0.1) is 3.57 Å². The van der Waals surface area contributed by atoms with Crippen LogP contribution < -0.4 is 11.1 Å². The summed E-state index contributed by atoms with van der Waals surface area (Å²) in [4.78, 5) is 11.1. The zero-order chi connectivity index (χ0) is 10.6. The summed E-state index contributed by atoms with van der Waals surface area (Å²) in [7, 11) is 1.59. The van der Waals surface area contributed by atoms with Crippen LogP contribution in [0.1, 0.15) is 5.56 Å². The van der Waals surface area contributed by atoms with Gasteiger partial charge in [-0.3, -0.25) is 4.79 Å². The standard InChI is InChI=1S/C10H13IN2O/c1-13-10(14)9(12)6-7-2-4-8(11)5-3-7/h2-5,9H,6,12H2,1H3,(H,13,14)/t9-/m1/s1. The number of amides is 1. The summed E-state index contributed by atoms with van der Waals surface area (Å²) in [5.41, 5.74) is 6.77. The minimum atomic E-state index is -0.458. The van der Waals surface area contributed by atoms with Gasteiger partial charge in [0.2, 0.25) is 5.91 Å². The highest BCUT2D eigenvalue weighted by molar-refractivity contribution is 14.1. The van der Waals surface area contributed by atoms with Gasteiger partial charge in [-0.2, -0.15) is 0 Å². The van der Waals surface area contributed by atoms with Gasteiger partial charge < -0.3 is 11.1 Å². The molecule has 0 bridgehead atoms. The van der Waals surface area contributed by atoms with E-state index in [0.717, 1.165) is 5.56 Å². The molecule has 4 heteroatoms. The highest BCUT2D eigenvalue weighted by Crippen LogP contribution is 2.08. The molecule has 0 spiro atoms. The predicted octanol–water partition coefficient (Wildman–Crippen LogP) is 0.907. The summed E-state index contributed by atoms with van der Waals surface area (Å²) in [5.74, 6) is -0.122. The fraction of sp³-hybridized carbons (Fsp3) is 0.300. The van der Waals surface area contributed by atoms with E-state index in [9.17, 15) is 4.79 Å². The molecule has 0 aliphatic heterocycles. The molecule has 1 aromatic rings. The SMILES string of the molecule is CNC(=O)[C@H](N)Cc1ccc(I)cc1. The van der Waals surface area contributed by atoms with Crippen molar-refractivity contribution in [3.63, 3.8) is 0 Å². The third-order valence-corrected chi connectivity index (χ3v) is 2.67. The van der Waals surface area contributed by atoms with Crippen LogP contribution in [-0.2, 0) is 11.2 Å². The van der Waals surface area contributed by atoms with Crippen molar-refractivity contribution in [2.45, 2.75) is 12.5 Å². The Kier molecular flexibility index (Phi) is 4.34. The van der Waals surface area contributed by atoms with Gasteiger partial charge in [-0.1, -0.05) is 12.1 Å². The van der Waals surface area contributed by atoms with Crippen LogP contribution in [0.2, 0.25) is 0 Å². The number of nitrogens with two attached hydrogens (primary N) is 1. The highest BCUT2D eigenvalue weighted by Gasteiger charge is 2.11. The van der Waals surface area contributed by atoms with Gasteiger partial charge in [-0.15, -0.1) is 0 Å². The number of likely N-dealkylation sites (N-methyl/N-ethyl adjacent to an activating group) is 1. The van der Waals surface area contributed by atoms with E-state index >= 15 is 0 Å². The molecule has 3 N–H and O–H groups in total. The van der Waals surface area contributed by atoms with Gasteiger partial charge in [-0.05, 0) is 46.7 Å². The third-order valence-electron chi connectivity index (χ3n) is 1.95. The van der Waals surface area contributed by atoms with Gasteiger partial charge in [0.05, 0.1) is 6.04 Å². The summed E-state index contributed by atoms with van der Waals surface area (Å²) in [6.45, 7) is 0. The first-order valence-electron chi connectivity index (χ1n) is 4.35. The molecule has 0 heterocycles. The maximum absolute atomic E-state index is 11.1. The van der Waals surface area contributed by atoms with Gasteiger partial charge >= 0.3 is 0 Å². The Morgan fingerprint density at radius 3 is 2.57 bits per heavy atom. The predicted molar refractivity (Wildman–Crippen MR) is 64.9 cm³/mol. The largest absolute Gasteiger partial charge is 0.358 e. The van der Waals surface area contributed by atoms with Crippen molar-refractivity contribution in [1.82, 2.24) is 5.32 Å². The molecule has 1 atom stereocenters. The topological polar surface area (TPSA) is 55.1 Å². The van der Waals surface area contributed by atoms with Gasteiger partial charge in [0.15, 0.2) is 0 Å². The van der Waals surface area contributed by atoms with Crippen molar-refractivity contribution in [2.75, 3.05) is 7.05 Å².